The van der Waals surface area contributed by atoms with Crippen molar-refractivity contribution in [3.05, 3.63) is 81.3 Å². The maximum atomic E-state index is 13.8. The summed E-state index contributed by atoms with van der Waals surface area (Å²) in [6.07, 6.45) is 4.35. The Balaban J connectivity index is 1.71. The van der Waals surface area contributed by atoms with Gasteiger partial charge in [-0.1, -0.05) is 0 Å². The van der Waals surface area contributed by atoms with Crippen molar-refractivity contribution in [2.45, 2.75) is 39.2 Å². The van der Waals surface area contributed by atoms with Gasteiger partial charge in [0.1, 0.15) is 29.6 Å². The Morgan fingerprint density at radius 2 is 1.93 bits per heavy atom. The topological polar surface area (TPSA) is 74.1 Å². The van der Waals surface area contributed by atoms with Crippen LogP contribution in [0.3, 0.4) is 0 Å². The number of ketones is 1. The van der Waals surface area contributed by atoms with E-state index < -0.39 is 11.6 Å². The lowest BCUT2D eigenvalue weighted by atomic mass is 10.1. The van der Waals surface area contributed by atoms with E-state index in [0.29, 0.717) is 5.69 Å². The first kappa shape index (κ1) is 19.9. The third-order valence-corrected chi connectivity index (χ3v) is 4.97. The Kier molecular flexibility index (Phi) is 5.15. The van der Waals surface area contributed by atoms with Crippen molar-refractivity contribution in [1.82, 2.24) is 14.5 Å². The summed E-state index contributed by atoms with van der Waals surface area (Å²) in [5.41, 5.74) is 2.02. The Labute approximate surface area is 171 Å². The molecule has 30 heavy (non-hydrogen) atoms. The van der Waals surface area contributed by atoms with Crippen molar-refractivity contribution < 1.29 is 18.3 Å². The van der Waals surface area contributed by atoms with Gasteiger partial charge in [-0.3, -0.25) is 24.1 Å². The van der Waals surface area contributed by atoms with Crippen LogP contribution in [0.15, 0.2) is 41.5 Å². The lowest BCUT2D eigenvalue weighted by Gasteiger charge is -2.17. The summed E-state index contributed by atoms with van der Waals surface area (Å²) in [6, 6.07) is 5.40. The highest BCUT2D eigenvalue weighted by atomic mass is 19.1. The minimum atomic E-state index is -0.810. The average Bonchev–Trinajstić information content (AvgIpc) is 3.53. The molecule has 0 aliphatic heterocycles. The predicted octanol–water partition coefficient (Wildman–Crippen LogP) is 3.87. The number of nitrogens with zero attached hydrogens (tertiary/aromatic N) is 3. The molecule has 0 unspecified atom stereocenters. The van der Waals surface area contributed by atoms with Crippen LogP contribution in [0, 0.1) is 18.6 Å². The Bertz CT molecular complexity index is 1200. The van der Waals surface area contributed by atoms with Gasteiger partial charge < -0.3 is 4.74 Å². The number of hydrogen-bond acceptors (Lipinski definition) is 5. The largest absolute Gasteiger partial charge is 0.487 e. The van der Waals surface area contributed by atoms with E-state index in [2.05, 4.69) is 9.97 Å². The number of carbonyl (C=O) groups is 1. The predicted molar refractivity (Wildman–Crippen MR) is 105 cm³/mol. The zero-order valence-electron chi connectivity index (χ0n) is 16.5. The SMILES string of the molecule is CC(=O)c1cc(-n2c(C3CC3)cc(OCc3ncc(F)cc3F)cc2=O)c(C)cn1. The molecule has 0 saturated heterocycles. The van der Waals surface area contributed by atoms with Crippen LogP contribution in [-0.4, -0.2) is 20.3 Å². The Hall–Kier alpha value is -3.42. The standard InChI is InChI=1S/C22H19F2N3O3/c1-12-9-25-18(13(2)28)8-20(12)27-21(14-3-4-14)6-16(7-22(27)29)30-11-19-17(24)5-15(23)10-26-19/h5-10,14H,3-4,11H2,1-2H3. The van der Waals surface area contributed by atoms with Gasteiger partial charge in [0.2, 0.25) is 0 Å². The van der Waals surface area contributed by atoms with Gasteiger partial charge in [0.15, 0.2) is 11.6 Å². The van der Waals surface area contributed by atoms with E-state index in [1.807, 2.05) is 6.92 Å². The normalized spacial score (nSPS) is 13.3. The third-order valence-electron chi connectivity index (χ3n) is 4.97. The van der Waals surface area contributed by atoms with Crippen LogP contribution in [0.25, 0.3) is 5.69 Å². The fraction of sp³-hybridized carbons (Fsp3) is 0.273. The second-order valence-corrected chi connectivity index (χ2v) is 7.35. The highest BCUT2D eigenvalue weighted by molar-refractivity contribution is 5.92. The second-order valence-electron chi connectivity index (χ2n) is 7.35. The molecule has 0 N–H and O–H groups in total. The van der Waals surface area contributed by atoms with Crippen LogP contribution < -0.4 is 10.3 Å². The molecule has 0 amide bonds. The molecule has 1 fully saturated rings. The number of halogens is 2. The minimum Gasteiger partial charge on any atom is -0.487 e. The fourth-order valence-electron chi connectivity index (χ4n) is 3.23. The lowest BCUT2D eigenvalue weighted by molar-refractivity contribution is 0.101. The number of ether oxygens (including phenoxy) is 1. The van der Waals surface area contributed by atoms with Crippen LogP contribution in [0.4, 0.5) is 8.78 Å². The van der Waals surface area contributed by atoms with Crippen LogP contribution in [-0.2, 0) is 6.61 Å². The highest BCUT2D eigenvalue weighted by Gasteiger charge is 2.29. The maximum Gasteiger partial charge on any atom is 0.259 e. The van der Waals surface area contributed by atoms with Crippen molar-refractivity contribution in [2.24, 2.45) is 0 Å². The molecule has 1 aliphatic rings. The van der Waals surface area contributed by atoms with Gasteiger partial charge in [-0.2, -0.15) is 0 Å². The summed E-state index contributed by atoms with van der Waals surface area (Å²) in [6.45, 7) is 3.01. The van der Waals surface area contributed by atoms with Gasteiger partial charge >= 0.3 is 0 Å². The minimum absolute atomic E-state index is 0.0513. The van der Waals surface area contributed by atoms with Gasteiger partial charge in [-0.15, -0.1) is 0 Å². The summed E-state index contributed by atoms with van der Waals surface area (Å²) in [5, 5.41) is 0. The smallest absolute Gasteiger partial charge is 0.259 e. The number of carbonyl (C=O) groups excluding carboxylic acids is 1. The van der Waals surface area contributed by atoms with Crippen molar-refractivity contribution >= 4 is 5.78 Å². The molecule has 1 saturated carbocycles. The molecule has 6 nitrogen and oxygen atoms in total. The van der Waals surface area contributed by atoms with Gasteiger partial charge in [-0.05, 0) is 37.3 Å². The van der Waals surface area contributed by atoms with E-state index in [4.69, 9.17) is 4.74 Å². The van der Waals surface area contributed by atoms with Crippen LogP contribution in [0.1, 0.15) is 53.1 Å². The number of aryl methyl sites for hydroxylation is 1. The second kappa shape index (κ2) is 7.78. The molecular weight excluding hydrogens is 392 g/mol. The maximum absolute atomic E-state index is 13.8. The van der Waals surface area contributed by atoms with Gasteiger partial charge in [-0.25, -0.2) is 8.78 Å². The van der Waals surface area contributed by atoms with Crippen molar-refractivity contribution in [1.29, 1.82) is 0 Å². The zero-order valence-corrected chi connectivity index (χ0v) is 16.5. The third kappa shape index (κ3) is 3.98. The van der Waals surface area contributed by atoms with Gasteiger partial charge in [0.25, 0.3) is 5.56 Å². The number of rotatable bonds is 6. The molecule has 1 aliphatic carbocycles. The summed E-state index contributed by atoms with van der Waals surface area (Å²) in [4.78, 5) is 32.5. The lowest BCUT2D eigenvalue weighted by Crippen LogP contribution is -2.22. The van der Waals surface area contributed by atoms with E-state index in [0.717, 1.165) is 36.4 Å². The van der Waals surface area contributed by atoms with Gasteiger partial charge in [0.05, 0.1) is 11.9 Å². The first-order valence-corrected chi connectivity index (χ1v) is 9.51. The van der Waals surface area contributed by atoms with E-state index in [9.17, 15) is 18.4 Å². The highest BCUT2D eigenvalue weighted by Crippen LogP contribution is 2.41. The van der Waals surface area contributed by atoms with Crippen LogP contribution in [0.2, 0.25) is 0 Å². The number of hydrogen-bond donors (Lipinski definition) is 0. The Morgan fingerprint density at radius 3 is 2.60 bits per heavy atom. The summed E-state index contributed by atoms with van der Waals surface area (Å²) >= 11 is 0. The van der Waals surface area contributed by atoms with E-state index in [1.54, 1.807) is 22.9 Å². The number of pyridine rings is 3. The number of Topliss-reactive ketones (excluding diaryl/α,β-unsaturated/α-hetero) is 1. The first-order valence-electron chi connectivity index (χ1n) is 9.51. The van der Waals surface area contributed by atoms with E-state index >= 15 is 0 Å². The van der Waals surface area contributed by atoms with Crippen molar-refractivity contribution in [3.8, 4) is 11.4 Å². The van der Waals surface area contributed by atoms with Gasteiger partial charge in [0, 0.05) is 37.0 Å². The molecule has 3 heterocycles. The molecule has 0 bridgehead atoms. The monoisotopic (exact) mass is 411 g/mol. The van der Waals surface area contributed by atoms with Crippen molar-refractivity contribution in [2.75, 3.05) is 0 Å². The summed E-state index contributed by atoms with van der Waals surface area (Å²) < 4.78 is 34.0. The van der Waals surface area contributed by atoms with Crippen LogP contribution in [0.5, 0.6) is 5.75 Å². The molecular formula is C22H19F2N3O3. The van der Waals surface area contributed by atoms with Crippen LogP contribution >= 0.6 is 0 Å². The summed E-state index contributed by atoms with van der Waals surface area (Å²) in [7, 11) is 0. The average molecular weight is 411 g/mol. The fourth-order valence-corrected chi connectivity index (χ4v) is 3.23. The van der Waals surface area contributed by atoms with E-state index in [1.165, 1.54) is 13.0 Å². The van der Waals surface area contributed by atoms with E-state index in [-0.39, 0.29) is 41.0 Å². The first-order chi connectivity index (χ1) is 14.3. The number of aromatic nitrogens is 3. The molecule has 0 spiro atoms. The zero-order chi connectivity index (χ0) is 21.4. The molecule has 4 rings (SSSR count). The molecule has 0 radical (unpaired) electrons. The summed E-state index contributed by atoms with van der Waals surface area (Å²) in [5.74, 6) is -1.30. The quantitative estimate of drug-likeness (QED) is 0.576. The molecule has 3 aromatic heterocycles. The Morgan fingerprint density at radius 1 is 1.17 bits per heavy atom. The molecule has 3 aromatic rings. The van der Waals surface area contributed by atoms with Crippen molar-refractivity contribution in [3.63, 3.8) is 0 Å². The molecule has 154 valence electrons. The molecule has 0 aromatic carbocycles. The molecule has 0 atom stereocenters. The molecule has 8 heteroatoms.